The smallest absolute Gasteiger partial charge is 0.234 e. The zero-order valence-electron chi connectivity index (χ0n) is 10.9. The minimum Gasteiger partial charge on any atom is -0.276 e. The number of sulfone groups is 1. The molecule has 102 valence electrons. The molecule has 5 heteroatoms. The lowest BCUT2D eigenvalue weighted by molar-refractivity contribution is -0.106. The van der Waals surface area contributed by atoms with Crippen molar-refractivity contribution in [3.8, 4) is 0 Å². The highest BCUT2D eigenvalue weighted by molar-refractivity contribution is 8.07. The van der Waals surface area contributed by atoms with Gasteiger partial charge in [-0.25, -0.2) is 13.4 Å². The Bertz CT molecular complexity index is 732. The van der Waals surface area contributed by atoms with Crippen LogP contribution in [-0.2, 0) is 14.6 Å². The summed E-state index contributed by atoms with van der Waals surface area (Å²) < 4.78 is 25.1. The summed E-state index contributed by atoms with van der Waals surface area (Å²) in [6, 6.07) is 14.8. The molecule has 0 atom stereocenters. The van der Waals surface area contributed by atoms with Gasteiger partial charge < -0.3 is 0 Å². The summed E-state index contributed by atoms with van der Waals surface area (Å²) >= 11 is 0. The molecule has 0 aliphatic rings. The molecule has 0 spiro atoms. The van der Waals surface area contributed by atoms with E-state index >= 15 is 0 Å². The fraction of sp³-hybridized carbons (Fsp3) is 0.0667. The third-order valence-corrected chi connectivity index (χ3v) is 4.52. The lowest BCUT2D eigenvalue weighted by Gasteiger charge is -2.07. The zero-order chi connectivity index (χ0) is 14.6. The zero-order valence-corrected chi connectivity index (χ0v) is 11.7. The second-order valence-corrected chi connectivity index (χ2v) is 6.09. The van der Waals surface area contributed by atoms with E-state index < -0.39 is 9.84 Å². The molecule has 2 aromatic carbocycles. The molecule has 0 bridgehead atoms. The van der Waals surface area contributed by atoms with E-state index in [-0.39, 0.29) is 16.3 Å². The van der Waals surface area contributed by atoms with E-state index in [1.807, 2.05) is 6.92 Å². The Hall–Kier alpha value is -2.27. The monoisotopic (exact) mass is 287 g/mol. The maximum atomic E-state index is 12.5. The number of aliphatic imine (C=N–C) groups is 1. The fourth-order valence-electron chi connectivity index (χ4n) is 1.76. The van der Waals surface area contributed by atoms with E-state index in [0.29, 0.717) is 5.56 Å². The summed E-state index contributed by atoms with van der Waals surface area (Å²) in [5.41, 5.74) is 1.35. The molecule has 0 aliphatic carbocycles. The Balaban J connectivity index is 2.57. The summed E-state index contributed by atoms with van der Waals surface area (Å²) in [5.74, 6) is 0. The predicted molar refractivity (Wildman–Crippen MR) is 77.4 cm³/mol. The van der Waals surface area contributed by atoms with E-state index in [1.165, 1.54) is 12.1 Å². The third kappa shape index (κ3) is 2.83. The van der Waals surface area contributed by atoms with Gasteiger partial charge in [0.15, 0.2) is 5.04 Å². The second kappa shape index (κ2) is 5.79. The predicted octanol–water partition coefficient (Wildman–Crippen LogP) is 2.37. The van der Waals surface area contributed by atoms with Crippen molar-refractivity contribution < 1.29 is 13.2 Å². The Morgan fingerprint density at radius 3 is 2.15 bits per heavy atom. The molecule has 0 N–H and O–H groups in total. The van der Waals surface area contributed by atoms with Crippen molar-refractivity contribution >= 4 is 21.3 Å². The van der Waals surface area contributed by atoms with Crippen molar-refractivity contribution in [3.05, 3.63) is 65.7 Å². The summed E-state index contributed by atoms with van der Waals surface area (Å²) in [6.45, 7) is 1.87. The highest BCUT2D eigenvalue weighted by Crippen LogP contribution is 2.18. The molecule has 0 heterocycles. The number of benzene rings is 2. The Labute approximate surface area is 117 Å². The van der Waals surface area contributed by atoms with Gasteiger partial charge in [-0.3, -0.25) is 4.79 Å². The quantitative estimate of drug-likeness (QED) is 0.494. The molecule has 1 amide bonds. The molecular formula is C15H13NO3S. The van der Waals surface area contributed by atoms with Gasteiger partial charge in [0.25, 0.3) is 0 Å². The van der Waals surface area contributed by atoms with Crippen LogP contribution in [0.3, 0.4) is 0 Å². The van der Waals surface area contributed by atoms with Crippen molar-refractivity contribution in [1.29, 1.82) is 0 Å². The van der Waals surface area contributed by atoms with Gasteiger partial charge in [0, 0.05) is 5.56 Å². The lowest BCUT2D eigenvalue weighted by atomic mass is 10.2. The summed E-state index contributed by atoms with van der Waals surface area (Å²) in [4.78, 5) is 14.3. The largest absolute Gasteiger partial charge is 0.276 e. The molecule has 0 saturated heterocycles. The van der Waals surface area contributed by atoms with Crippen LogP contribution in [0.1, 0.15) is 11.1 Å². The normalized spacial score (nSPS) is 12.2. The van der Waals surface area contributed by atoms with Gasteiger partial charge in [-0.15, -0.1) is 0 Å². The van der Waals surface area contributed by atoms with E-state index in [0.717, 1.165) is 5.56 Å². The fourth-order valence-corrected chi connectivity index (χ4v) is 3.10. The van der Waals surface area contributed by atoms with Gasteiger partial charge in [-0.05, 0) is 19.1 Å². The van der Waals surface area contributed by atoms with Crippen LogP contribution in [0, 0.1) is 6.92 Å². The molecular weight excluding hydrogens is 274 g/mol. The summed E-state index contributed by atoms with van der Waals surface area (Å²) in [7, 11) is -3.81. The maximum absolute atomic E-state index is 12.5. The third-order valence-electron chi connectivity index (χ3n) is 2.78. The van der Waals surface area contributed by atoms with Crippen molar-refractivity contribution in [2.45, 2.75) is 11.8 Å². The first-order valence-corrected chi connectivity index (χ1v) is 7.42. The van der Waals surface area contributed by atoms with E-state index in [2.05, 4.69) is 4.99 Å². The van der Waals surface area contributed by atoms with E-state index in [1.54, 1.807) is 42.5 Å². The van der Waals surface area contributed by atoms with Crippen LogP contribution >= 0.6 is 0 Å². The van der Waals surface area contributed by atoms with Gasteiger partial charge in [-0.2, -0.15) is 0 Å². The topological polar surface area (TPSA) is 63.6 Å². The molecule has 0 unspecified atom stereocenters. The van der Waals surface area contributed by atoms with Crippen molar-refractivity contribution in [3.63, 3.8) is 0 Å². The van der Waals surface area contributed by atoms with E-state index in [4.69, 9.17) is 0 Å². The average Bonchev–Trinajstić information content (AvgIpc) is 2.46. The van der Waals surface area contributed by atoms with Crippen LogP contribution in [0.4, 0.5) is 0 Å². The Morgan fingerprint density at radius 1 is 1.00 bits per heavy atom. The van der Waals surface area contributed by atoms with Crippen molar-refractivity contribution in [1.82, 2.24) is 0 Å². The highest BCUT2D eigenvalue weighted by atomic mass is 32.2. The van der Waals surface area contributed by atoms with E-state index in [9.17, 15) is 13.2 Å². The van der Waals surface area contributed by atoms with Crippen LogP contribution in [0.2, 0.25) is 0 Å². The summed E-state index contributed by atoms with van der Waals surface area (Å²) in [5, 5.41) is -0.239. The van der Waals surface area contributed by atoms with Crippen molar-refractivity contribution in [2.75, 3.05) is 0 Å². The highest BCUT2D eigenvalue weighted by Gasteiger charge is 2.23. The molecule has 0 aliphatic heterocycles. The molecule has 4 nitrogen and oxygen atoms in total. The number of hydrogen-bond donors (Lipinski definition) is 0. The molecule has 0 saturated carbocycles. The first-order chi connectivity index (χ1) is 9.55. The standard InChI is InChI=1S/C15H13NO3S/c1-12-7-9-14(10-8-12)20(18,19)15(16-11-17)13-5-3-2-4-6-13/h2-11H,1H3. The molecule has 0 aromatic heterocycles. The van der Waals surface area contributed by atoms with Gasteiger partial charge in [0.05, 0.1) is 4.90 Å². The minimum absolute atomic E-state index is 0.118. The van der Waals surface area contributed by atoms with Crippen LogP contribution in [0.25, 0.3) is 0 Å². The molecule has 0 radical (unpaired) electrons. The first kappa shape index (κ1) is 14.1. The van der Waals surface area contributed by atoms with Gasteiger partial charge >= 0.3 is 0 Å². The molecule has 2 aromatic rings. The van der Waals surface area contributed by atoms with Crippen LogP contribution in [0.5, 0.6) is 0 Å². The molecule has 2 rings (SSSR count). The number of amides is 1. The van der Waals surface area contributed by atoms with Gasteiger partial charge in [0.1, 0.15) is 0 Å². The van der Waals surface area contributed by atoms with Gasteiger partial charge in [-0.1, -0.05) is 48.0 Å². The second-order valence-electron chi connectivity index (χ2n) is 4.22. The average molecular weight is 287 g/mol. The van der Waals surface area contributed by atoms with Gasteiger partial charge in [0.2, 0.25) is 16.2 Å². The number of hydrogen-bond acceptors (Lipinski definition) is 3. The first-order valence-electron chi connectivity index (χ1n) is 5.94. The Morgan fingerprint density at radius 2 is 1.60 bits per heavy atom. The maximum Gasteiger partial charge on any atom is 0.234 e. The van der Waals surface area contributed by atoms with Crippen molar-refractivity contribution in [2.24, 2.45) is 4.99 Å². The molecule has 20 heavy (non-hydrogen) atoms. The van der Waals surface area contributed by atoms with Crippen LogP contribution < -0.4 is 0 Å². The number of carbonyl (C=O) groups excluding carboxylic acids is 1. The lowest BCUT2D eigenvalue weighted by Crippen LogP contribution is -2.17. The molecule has 0 fully saturated rings. The SMILES string of the molecule is Cc1ccc(S(=O)(=O)C(=NC=O)c2ccccc2)cc1. The van der Waals surface area contributed by atoms with Crippen LogP contribution in [-0.4, -0.2) is 19.9 Å². The van der Waals surface area contributed by atoms with Crippen LogP contribution in [0.15, 0.2) is 64.5 Å². The number of nitrogens with zero attached hydrogens (tertiary/aromatic N) is 1. The number of aryl methyl sites for hydroxylation is 1. The Kier molecular flexibility index (Phi) is 4.10. The number of carbonyl (C=O) groups is 1. The summed E-state index contributed by atoms with van der Waals surface area (Å²) in [6.07, 6.45) is 0.244. The number of rotatable bonds is 3. The minimum atomic E-state index is -3.81.